The molecule has 6 nitrogen and oxygen atoms in total. The van der Waals surface area contributed by atoms with Crippen molar-refractivity contribution >= 4 is 33.5 Å². The quantitative estimate of drug-likeness (QED) is 0.563. The molecule has 0 saturated heterocycles. The van der Waals surface area contributed by atoms with Gasteiger partial charge in [-0.25, -0.2) is 4.98 Å². The average molecular weight is 467 g/mol. The van der Waals surface area contributed by atoms with Crippen molar-refractivity contribution in [2.75, 3.05) is 20.0 Å². The molecule has 3 rings (SSSR count). The number of halogens is 1. The summed E-state index contributed by atoms with van der Waals surface area (Å²) in [6, 6.07) is 17.2. The van der Waals surface area contributed by atoms with Crippen LogP contribution in [0.15, 0.2) is 56.9 Å². The number of rotatable bonds is 5. The summed E-state index contributed by atoms with van der Waals surface area (Å²) in [5.41, 5.74) is 7.44. The second kappa shape index (κ2) is 8.87. The Labute approximate surface area is 181 Å². The summed E-state index contributed by atoms with van der Waals surface area (Å²) in [6.07, 6.45) is 0. The van der Waals surface area contributed by atoms with E-state index in [9.17, 15) is 10.5 Å². The van der Waals surface area contributed by atoms with Crippen molar-refractivity contribution in [1.29, 1.82) is 10.5 Å². The number of nitriles is 2. The Morgan fingerprint density at radius 2 is 1.59 bits per heavy atom. The summed E-state index contributed by atoms with van der Waals surface area (Å²) in [6.45, 7) is 0. The molecule has 2 aromatic carbocycles. The third-order valence-electron chi connectivity index (χ3n) is 4.11. The molecule has 0 unspecified atom stereocenters. The summed E-state index contributed by atoms with van der Waals surface area (Å²) in [4.78, 5) is 5.22. The van der Waals surface area contributed by atoms with E-state index in [0.717, 1.165) is 4.90 Å². The number of nitrogens with zero attached hydrogens (tertiary/aromatic N) is 3. The minimum absolute atomic E-state index is 0.0563. The molecular weight excluding hydrogens is 452 g/mol. The van der Waals surface area contributed by atoms with Crippen LogP contribution in [0.3, 0.4) is 0 Å². The molecule has 0 aliphatic rings. The fourth-order valence-corrected chi connectivity index (χ4v) is 4.24. The van der Waals surface area contributed by atoms with Crippen molar-refractivity contribution < 1.29 is 9.47 Å². The Bertz CT molecular complexity index is 1130. The van der Waals surface area contributed by atoms with E-state index in [-0.39, 0.29) is 16.9 Å². The molecular formula is C21H15BrN4O2S. The SMILES string of the molecule is COc1cc(-c2c(C#N)c(N)nc(Sc3ccccc3)c2C#N)cc(OC)c1Br. The highest BCUT2D eigenvalue weighted by Crippen LogP contribution is 2.43. The Hall–Kier alpha value is -3.20. The van der Waals surface area contributed by atoms with Gasteiger partial charge in [0, 0.05) is 10.5 Å². The molecule has 1 heterocycles. The zero-order valence-electron chi connectivity index (χ0n) is 15.6. The topological polar surface area (TPSA) is 105 Å². The van der Waals surface area contributed by atoms with E-state index in [0.29, 0.717) is 32.1 Å². The number of methoxy groups -OCH3 is 2. The smallest absolute Gasteiger partial charge is 0.143 e. The molecule has 0 bridgehead atoms. The molecule has 0 radical (unpaired) electrons. The lowest BCUT2D eigenvalue weighted by molar-refractivity contribution is 0.390. The van der Waals surface area contributed by atoms with Crippen LogP contribution in [0.5, 0.6) is 11.5 Å². The number of hydrogen-bond acceptors (Lipinski definition) is 7. The number of nitrogens with two attached hydrogens (primary N) is 1. The van der Waals surface area contributed by atoms with E-state index < -0.39 is 0 Å². The molecule has 1 aromatic heterocycles. The Morgan fingerprint density at radius 1 is 1.00 bits per heavy atom. The zero-order chi connectivity index (χ0) is 21.0. The molecule has 0 saturated carbocycles. The van der Waals surface area contributed by atoms with Crippen molar-refractivity contribution in [3.63, 3.8) is 0 Å². The second-order valence-corrected chi connectivity index (χ2v) is 7.62. The lowest BCUT2D eigenvalue weighted by atomic mass is 9.96. The predicted molar refractivity (Wildman–Crippen MR) is 115 cm³/mol. The van der Waals surface area contributed by atoms with Gasteiger partial charge >= 0.3 is 0 Å². The Morgan fingerprint density at radius 3 is 2.10 bits per heavy atom. The maximum absolute atomic E-state index is 9.93. The van der Waals surface area contributed by atoms with Crippen LogP contribution in [0.1, 0.15) is 11.1 Å². The van der Waals surface area contributed by atoms with E-state index in [1.807, 2.05) is 30.3 Å². The first-order valence-electron chi connectivity index (χ1n) is 8.32. The minimum atomic E-state index is 0.0563. The van der Waals surface area contributed by atoms with E-state index in [4.69, 9.17) is 15.2 Å². The highest BCUT2D eigenvalue weighted by Gasteiger charge is 2.23. The number of nitrogen functional groups attached to an aromatic ring is 1. The average Bonchev–Trinajstić information content (AvgIpc) is 2.74. The molecule has 8 heteroatoms. The normalized spacial score (nSPS) is 10.1. The molecule has 0 spiro atoms. The number of hydrogen-bond donors (Lipinski definition) is 1. The minimum Gasteiger partial charge on any atom is -0.495 e. The third-order valence-corrected chi connectivity index (χ3v) is 5.89. The summed E-state index contributed by atoms with van der Waals surface area (Å²) < 4.78 is 11.4. The highest BCUT2D eigenvalue weighted by molar-refractivity contribution is 9.10. The third kappa shape index (κ3) is 4.00. The maximum atomic E-state index is 9.93. The molecule has 144 valence electrons. The first-order valence-corrected chi connectivity index (χ1v) is 9.93. The molecule has 3 aromatic rings. The van der Waals surface area contributed by atoms with E-state index in [1.165, 1.54) is 26.0 Å². The lowest BCUT2D eigenvalue weighted by Gasteiger charge is -2.16. The van der Waals surface area contributed by atoms with Crippen LogP contribution in [0, 0.1) is 22.7 Å². The van der Waals surface area contributed by atoms with Gasteiger partial charge in [-0.05, 0) is 45.8 Å². The molecule has 0 atom stereocenters. The van der Waals surface area contributed by atoms with E-state index in [2.05, 4.69) is 33.1 Å². The van der Waals surface area contributed by atoms with Crippen LogP contribution >= 0.6 is 27.7 Å². The molecule has 29 heavy (non-hydrogen) atoms. The monoisotopic (exact) mass is 466 g/mol. The van der Waals surface area contributed by atoms with Crippen molar-refractivity contribution in [3.05, 3.63) is 58.1 Å². The number of aromatic nitrogens is 1. The van der Waals surface area contributed by atoms with Gasteiger partial charge in [0.2, 0.25) is 0 Å². The van der Waals surface area contributed by atoms with Gasteiger partial charge < -0.3 is 15.2 Å². The largest absolute Gasteiger partial charge is 0.495 e. The molecule has 2 N–H and O–H groups in total. The van der Waals surface area contributed by atoms with Crippen LogP contribution in [-0.4, -0.2) is 19.2 Å². The van der Waals surface area contributed by atoms with Gasteiger partial charge in [0.1, 0.15) is 44.5 Å². The van der Waals surface area contributed by atoms with Crippen molar-refractivity contribution in [2.45, 2.75) is 9.92 Å². The molecule has 0 amide bonds. The van der Waals surface area contributed by atoms with Crippen LogP contribution < -0.4 is 15.2 Å². The van der Waals surface area contributed by atoms with Crippen molar-refractivity contribution in [1.82, 2.24) is 4.98 Å². The van der Waals surface area contributed by atoms with Crippen LogP contribution in [0.4, 0.5) is 5.82 Å². The molecule has 0 aliphatic carbocycles. The summed E-state index contributed by atoms with van der Waals surface area (Å²) in [7, 11) is 3.05. The van der Waals surface area contributed by atoms with Gasteiger partial charge in [-0.3, -0.25) is 0 Å². The fraction of sp³-hybridized carbons (Fsp3) is 0.0952. The number of pyridine rings is 1. The molecule has 0 aliphatic heterocycles. The number of benzene rings is 2. The lowest BCUT2D eigenvalue weighted by Crippen LogP contribution is -2.03. The van der Waals surface area contributed by atoms with Crippen LogP contribution in [0.2, 0.25) is 0 Å². The van der Waals surface area contributed by atoms with Gasteiger partial charge in [-0.1, -0.05) is 30.0 Å². The summed E-state index contributed by atoms with van der Waals surface area (Å²) in [5.74, 6) is 1.06. The predicted octanol–water partition coefficient (Wildman–Crippen LogP) is 5.01. The second-order valence-electron chi connectivity index (χ2n) is 5.76. The van der Waals surface area contributed by atoms with E-state index >= 15 is 0 Å². The van der Waals surface area contributed by atoms with E-state index in [1.54, 1.807) is 12.1 Å². The van der Waals surface area contributed by atoms with Crippen LogP contribution in [-0.2, 0) is 0 Å². The fourth-order valence-electron chi connectivity index (χ4n) is 2.77. The standard InChI is InChI=1S/C21H15BrN4O2S/c1-27-16-8-12(9-17(28-2)19(16)22)18-14(10-23)20(25)26-21(15(18)11-24)29-13-6-4-3-5-7-13/h3-9H,1-2H3,(H2,25,26). The van der Waals surface area contributed by atoms with Gasteiger partial charge in [0.05, 0.1) is 19.8 Å². The Balaban J connectivity index is 2.31. The summed E-state index contributed by atoms with van der Waals surface area (Å²) >= 11 is 4.74. The Kier molecular flexibility index (Phi) is 6.28. The number of anilines is 1. The van der Waals surface area contributed by atoms with Gasteiger partial charge in [-0.15, -0.1) is 0 Å². The first kappa shape index (κ1) is 20.5. The van der Waals surface area contributed by atoms with Gasteiger partial charge in [0.15, 0.2) is 0 Å². The zero-order valence-corrected chi connectivity index (χ0v) is 18.0. The van der Waals surface area contributed by atoms with Crippen LogP contribution in [0.25, 0.3) is 11.1 Å². The van der Waals surface area contributed by atoms with Gasteiger partial charge in [-0.2, -0.15) is 10.5 Å². The first-order chi connectivity index (χ1) is 14.0. The highest BCUT2D eigenvalue weighted by atomic mass is 79.9. The molecule has 0 fully saturated rings. The number of ether oxygens (including phenoxy) is 2. The summed E-state index contributed by atoms with van der Waals surface area (Å²) in [5, 5.41) is 20.1. The van der Waals surface area contributed by atoms with Crippen molar-refractivity contribution in [3.8, 4) is 34.8 Å². The van der Waals surface area contributed by atoms with Gasteiger partial charge in [0.25, 0.3) is 0 Å². The maximum Gasteiger partial charge on any atom is 0.143 e. The van der Waals surface area contributed by atoms with Crippen molar-refractivity contribution in [2.24, 2.45) is 0 Å².